The van der Waals surface area contributed by atoms with Crippen LogP contribution in [0.1, 0.15) is 35.0 Å². The number of amides is 1. The molecule has 0 spiro atoms. The lowest BCUT2D eigenvalue weighted by molar-refractivity contribution is -0.116. The minimum absolute atomic E-state index is 0.106. The lowest BCUT2D eigenvalue weighted by Crippen LogP contribution is -2.25. The van der Waals surface area contributed by atoms with Crippen LogP contribution in [-0.4, -0.2) is 49.7 Å². The molecule has 4 aromatic rings. The quantitative estimate of drug-likeness (QED) is 0.541. The summed E-state index contributed by atoms with van der Waals surface area (Å²) in [5.74, 6) is 2.87. The highest BCUT2D eigenvalue weighted by molar-refractivity contribution is 5.95. The number of aryl methyl sites for hydroxylation is 2. The number of rotatable bonds is 4. The zero-order valence-electron chi connectivity index (χ0n) is 17.6. The molecular formula is C21H21N7O3. The predicted octanol–water partition coefficient (Wildman–Crippen LogP) is 2.42. The van der Waals surface area contributed by atoms with Gasteiger partial charge in [-0.25, -0.2) is 0 Å². The number of aromatic nitrogens is 6. The van der Waals surface area contributed by atoms with Gasteiger partial charge in [-0.1, -0.05) is 0 Å². The number of methoxy groups -OCH3 is 2. The van der Waals surface area contributed by atoms with Crippen LogP contribution in [0.15, 0.2) is 30.3 Å². The van der Waals surface area contributed by atoms with Gasteiger partial charge in [0.25, 0.3) is 0 Å². The molecule has 4 heterocycles. The Bertz CT molecular complexity index is 1320. The Kier molecular flexibility index (Phi) is 4.35. The summed E-state index contributed by atoms with van der Waals surface area (Å²) in [5, 5.41) is 20.4. The van der Waals surface area contributed by atoms with E-state index < -0.39 is 0 Å². The van der Waals surface area contributed by atoms with Gasteiger partial charge in [-0.05, 0) is 44.2 Å². The first-order chi connectivity index (χ1) is 15.0. The van der Waals surface area contributed by atoms with Gasteiger partial charge in [0.05, 0.1) is 19.9 Å². The highest BCUT2D eigenvalue weighted by atomic mass is 16.5. The molecule has 158 valence electrons. The van der Waals surface area contributed by atoms with Crippen molar-refractivity contribution < 1.29 is 14.3 Å². The largest absolute Gasteiger partial charge is 0.497 e. The van der Waals surface area contributed by atoms with Gasteiger partial charge < -0.3 is 14.8 Å². The molecule has 1 aromatic carbocycles. The zero-order valence-corrected chi connectivity index (χ0v) is 17.6. The number of nitrogens with zero attached hydrogens (tertiary/aromatic N) is 6. The Morgan fingerprint density at radius 3 is 2.68 bits per heavy atom. The number of anilines is 1. The van der Waals surface area contributed by atoms with Crippen LogP contribution in [0.2, 0.25) is 0 Å². The van der Waals surface area contributed by atoms with Gasteiger partial charge >= 0.3 is 0 Å². The zero-order chi connectivity index (χ0) is 21.7. The van der Waals surface area contributed by atoms with Crippen molar-refractivity contribution in [1.29, 1.82) is 0 Å². The first-order valence-corrected chi connectivity index (χ1v) is 9.81. The van der Waals surface area contributed by atoms with E-state index in [9.17, 15) is 4.79 Å². The Morgan fingerprint density at radius 1 is 1.06 bits per heavy atom. The normalized spacial score (nSPS) is 15.6. The standard InChI is InChI=1S/C21H21N7O3/c1-11-20-15(14-9-13(30-3)5-6-16(14)31-4)10-19(29)22-21(20)28(25-11)18-8-7-17-24-23-12(2)27(17)26-18/h5-9,15H,10H2,1-4H3,(H,22,29). The van der Waals surface area contributed by atoms with Gasteiger partial charge in [0.2, 0.25) is 5.91 Å². The molecule has 31 heavy (non-hydrogen) atoms. The van der Waals surface area contributed by atoms with Crippen LogP contribution in [0, 0.1) is 13.8 Å². The van der Waals surface area contributed by atoms with Gasteiger partial charge in [-0.3, -0.25) is 4.79 Å². The number of ether oxygens (including phenoxy) is 2. The Balaban J connectivity index is 1.69. The van der Waals surface area contributed by atoms with Crippen LogP contribution >= 0.6 is 0 Å². The molecule has 1 aliphatic rings. The van der Waals surface area contributed by atoms with Crippen LogP contribution in [0.3, 0.4) is 0 Å². The van der Waals surface area contributed by atoms with E-state index in [0.717, 1.165) is 16.8 Å². The molecule has 0 aliphatic carbocycles. The lowest BCUT2D eigenvalue weighted by Gasteiger charge is -2.26. The summed E-state index contributed by atoms with van der Waals surface area (Å²) >= 11 is 0. The number of nitrogens with one attached hydrogen (secondary N) is 1. The van der Waals surface area contributed by atoms with Crippen molar-refractivity contribution in [2.75, 3.05) is 19.5 Å². The van der Waals surface area contributed by atoms with E-state index in [4.69, 9.17) is 14.6 Å². The van der Waals surface area contributed by atoms with Crippen molar-refractivity contribution >= 4 is 17.4 Å². The molecule has 1 aliphatic heterocycles. The molecule has 1 N–H and O–H groups in total. The first kappa shape index (κ1) is 19.0. The van der Waals surface area contributed by atoms with Crippen LogP contribution in [0.5, 0.6) is 11.5 Å². The SMILES string of the molecule is COc1ccc(OC)c(C2CC(=O)Nc3c2c(C)nn3-c2ccc3nnc(C)n3n2)c1. The smallest absolute Gasteiger partial charge is 0.226 e. The predicted molar refractivity (Wildman–Crippen MR) is 112 cm³/mol. The number of carbonyl (C=O) groups is 1. The second-order valence-electron chi connectivity index (χ2n) is 7.38. The third-order valence-electron chi connectivity index (χ3n) is 5.54. The molecule has 10 heteroatoms. The van der Waals surface area contributed by atoms with E-state index in [0.29, 0.717) is 34.6 Å². The van der Waals surface area contributed by atoms with Crippen LogP contribution < -0.4 is 14.8 Å². The first-order valence-electron chi connectivity index (χ1n) is 9.81. The van der Waals surface area contributed by atoms with Crippen LogP contribution in [-0.2, 0) is 4.79 Å². The summed E-state index contributed by atoms with van der Waals surface area (Å²) in [7, 11) is 3.23. The number of benzene rings is 1. The van der Waals surface area contributed by atoms with Gasteiger partial charge in [0.15, 0.2) is 17.3 Å². The van der Waals surface area contributed by atoms with Crippen molar-refractivity contribution in [3.8, 4) is 17.3 Å². The van der Waals surface area contributed by atoms with E-state index in [2.05, 4.69) is 20.6 Å². The van der Waals surface area contributed by atoms with E-state index in [1.54, 1.807) is 29.5 Å². The van der Waals surface area contributed by atoms with Gasteiger partial charge in [0.1, 0.15) is 17.3 Å². The van der Waals surface area contributed by atoms with Crippen molar-refractivity contribution in [2.24, 2.45) is 0 Å². The number of fused-ring (bicyclic) bond motifs is 2. The van der Waals surface area contributed by atoms with Crippen molar-refractivity contribution in [3.05, 3.63) is 53.0 Å². The molecule has 0 fully saturated rings. The fraction of sp³-hybridized carbons (Fsp3) is 0.286. The van der Waals surface area contributed by atoms with E-state index in [1.807, 2.05) is 38.1 Å². The molecule has 10 nitrogen and oxygen atoms in total. The molecule has 0 saturated heterocycles. The number of hydrogen-bond acceptors (Lipinski definition) is 7. The molecule has 1 atom stereocenters. The second-order valence-corrected chi connectivity index (χ2v) is 7.38. The van der Waals surface area contributed by atoms with Crippen LogP contribution in [0.25, 0.3) is 11.5 Å². The summed E-state index contributed by atoms with van der Waals surface area (Å²) in [4.78, 5) is 12.7. The molecule has 3 aromatic heterocycles. The maximum Gasteiger partial charge on any atom is 0.226 e. The summed E-state index contributed by atoms with van der Waals surface area (Å²) < 4.78 is 14.3. The molecule has 1 unspecified atom stereocenters. The van der Waals surface area contributed by atoms with Gasteiger partial charge in [-0.15, -0.1) is 15.3 Å². The maximum atomic E-state index is 12.7. The number of carbonyl (C=O) groups excluding carboxylic acids is 1. The third kappa shape index (κ3) is 2.98. The third-order valence-corrected chi connectivity index (χ3v) is 5.54. The molecule has 1 amide bonds. The average Bonchev–Trinajstić information content (AvgIpc) is 3.32. The molecule has 0 radical (unpaired) electrons. The van der Waals surface area contributed by atoms with E-state index in [1.165, 1.54) is 0 Å². The maximum absolute atomic E-state index is 12.7. The summed E-state index contributed by atoms with van der Waals surface area (Å²) in [5.41, 5.74) is 3.24. The highest BCUT2D eigenvalue weighted by Gasteiger charge is 2.34. The van der Waals surface area contributed by atoms with Gasteiger partial charge in [0, 0.05) is 23.5 Å². The Hall–Kier alpha value is -3.95. The van der Waals surface area contributed by atoms with Crippen molar-refractivity contribution in [3.63, 3.8) is 0 Å². The Morgan fingerprint density at radius 2 is 1.90 bits per heavy atom. The minimum atomic E-state index is -0.233. The fourth-order valence-electron chi connectivity index (χ4n) is 4.09. The highest BCUT2D eigenvalue weighted by Crippen LogP contribution is 2.44. The topological polar surface area (TPSA) is 108 Å². The molecular weight excluding hydrogens is 398 g/mol. The van der Waals surface area contributed by atoms with Gasteiger partial charge in [-0.2, -0.15) is 14.3 Å². The molecule has 5 rings (SSSR count). The van der Waals surface area contributed by atoms with Crippen LogP contribution in [0.4, 0.5) is 5.82 Å². The van der Waals surface area contributed by atoms with E-state index >= 15 is 0 Å². The number of hydrogen-bond donors (Lipinski definition) is 1. The summed E-state index contributed by atoms with van der Waals surface area (Å²) in [6.45, 7) is 3.75. The Labute approximate surface area is 177 Å². The second kappa shape index (κ2) is 7.08. The fourth-order valence-corrected chi connectivity index (χ4v) is 4.09. The molecule has 0 bridgehead atoms. The average molecular weight is 419 g/mol. The summed E-state index contributed by atoms with van der Waals surface area (Å²) in [6, 6.07) is 9.22. The lowest BCUT2D eigenvalue weighted by atomic mass is 9.85. The summed E-state index contributed by atoms with van der Waals surface area (Å²) in [6.07, 6.45) is 0.278. The monoisotopic (exact) mass is 419 g/mol. The van der Waals surface area contributed by atoms with Crippen molar-refractivity contribution in [2.45, 2.75) is 26.2 Å². The molecule has 0 saturated carbocycles. The minimum Gasteiger partial charge on any atom is -0.497 e. The van der Waals surface area contributed by atoms with Crippen molar-refractivity contribution in [1.82, 2.24) is 29.6 Å². The van der Waals surface area contributed by atoms with E-state index in [-0.39, 0.29) is 18.2 Å².